The number of carbonyl (C=O) groups is 2. The molecule has 1 unspecified atom stereocenters. The fourth-order valence-electron chi connectivity index (χ4n) is 1.37. The Kier molecular flexibility index (Phi) is 2.32. The molecular formula is C9H16N2O2. The molecule has 1 saturated heterocycles. The minimum atomic E-state index is -0.388. The number of carbonyl (C=O) groups excluding carboxylic acids is 2. The molecule has 0 saturated carbocycles. The molecule has 1 N–H and O–H groups in total. The van der Waals surface area contributed by atoms with Crippen molar-refractivity contribution in [2.75, 3.05) is 6.54 Å². The maximum Gasteiger partial charge on any atom is 0.245 e. The van der Waals surface area contributed by atoms with Crippen molar-refractivity contribution < 1.29 is 9.59 Å². The van der Waals surface area contributed by atoms with Crippen molar-refractivity contribution in [3.05, 3.63) is 0 Å². The van der Waals surface area contributed by atoms with Gasteiger partial charge in [-0.25, -0.2) is 0 Å². The van der Waals surface area contributed by atoms with E-state index in [2.05, 4.69) is 5.32 Å². The number of amides is 2. The van der Waals surface area contributed by atoms with Crippen LogP contribution in [0.2, 0.25) is 0 Å². The third-order valence-electron chi connectivity index (χ3n) is 2.13. The highest BCUT2D eigenvalue weighted by Gasteiger charge is 2.35. The standard InChI is InChI=1S/C9H16N2O2/c1-6-8(13)11(9(2,3)4)5-7(12)10-6/h6H,5H2,1-4H3,(H,10,12). The molecule has 1 rings (SSSR count). The maximum absolute atomic E-state index is 11.6. The van der Waals surface area contributed by atoms with Gasteiger partial charge in [-0.1, -0.05) is 0 Å². The average molecular weight is 184 g/mol. The lowest BCUT2D eigenvalue weighted by atomic mass is 10.0. The first kappa shape index (κ1) is 10.0. The Labute approximate surface area is 78.3 Å². The number of piperazine rings is 1. The molecule has 1 atom stereocenters. The highest BCUT2D eigenvalue weighted by molar-refractivity contribution is 5.94. The Hall–Kier alpha value is -1.06. The molecule has 0 spiro atoms. The van der Waals surface area contributed by atoms with Crippen molar-refractivity contribution in [1.29, 1.82) is 0 Å². The van der Waals surface area contributed by atoms with Crippen molar-refractivity contribution in [2.45, 2.75) is 39.3 Å². The van der Waals surface area contributed by atoms with Crippen LogP contribution in [0.15, 0.2) is 0 Å². The molecule has 0 radical (unpaired) electrons. The van der Waals surface area contributed by atoms with Gasteiger partial charge in [-0.05, 0) is 27.7 Å². The zero-order valence-electron chi connectivity index (χ0n) is 8.55. The predicted molar refractivity (Wildman–Crippen MR) is 49.1 cm³/mol. The van der Waals surface area contributed by atoms with Gasteiger partial charge in [0.1, 0.15) is 12.6 Å². The fourth-order valence-corrected chi connectivity index (χ4v) is 1.37. The van der Waals surface area contributed by atoms with Crippen molar-refractivity contribution in [1.82, 2.24) is 10.2 Å². The molecule has 4 heteroatoms. The summed E-state index contributed by atoms with van der Waals surface area (Å²) in [5, 5.41) is 2.60. The van der Waals surface area contributed by atoms with Gasteiger partial charge in [-0.3, -0.25) is 9.59 Å². The Bertz CT molecular complexity index is 242. The number of hydrogen-bond acceptors (Lipinski definition) is 2. The van der Waals surface area contributed by atoms with E-state index in [0.717, 1.165) is 0 Å². The van der Waals surface area contributed by atoms with Gasteiger partial charge in [-0.15, -0.1) is 0 Å². The van der Waals surface area contributed by atoms with Crippen molar-refractivity contribution in [2.24, 2.45) is 0 Å². The summed E-state index contributed by atoms with van der Waals surface area (Å²) in [6, 6.07) is -0.388. The third kappa shape index (κ3) is 1.99. The maximum atomic E-state index is 11.6. The largest absolute Gasteiger partial charge is 0.343 e. The molecule has 1 fully saturated rings. The molecule has 2 amide bonds. The van der Waals surface area contributed by atoms with Crippen LogP contribution in [0.3, 0.4) is 0 Å². The Balaban J connectivity index is 2.84. The van der Waals surface area contributed by atoms with Crippen molar-refractivity contribution in [3.8, 4) is 0 Å². The van der Waals surface area contributed by atoms with Crippen LogP contribution in [0.4, 0.5) is 0 Å². The van der Waals surface area contributed by atoms with Gasteiger partial charge in [0.25, 0.3) is 0 Å². The Morgan fingerprint density at radius 3 is 2.38 bits per heavy atom. The fraction of sp³-hybridized carbons (Fsp3) is 0.778. The second kappa shape index (κ2) is 3.01. The summed E-state index contributed by atoms with van der Waals surface area (Å²) in [5.74, 6) is -0.0888. The zero-order valence-corrected chi connectivity index (χ0v) is 8.55. The third-order valence-corrected chi connectivity index (χ3v) is 2.13. The Morgan fingerprint density at radius 2 is 1.92 bits per heavy atom. The molecule has 0 aromatic carbocycles. The molecular weight excluding hydrogens is 168 g/mol. The van der Waals surface area contributed by atoms with Gasteiger partial charge in [-0.2, -0.15) is 0 Å². The summed E-state index contributed by atoms with van der Waals surface area (Å²) in [6.45, 7) is 7.66. The van der Waals surface area contributed by atoms with Gasteiger partial charge in [0.15, 0.2) is 0 Å². The van der Waals surface area contributed by atoms with E-state index in [1.54, 1.807) is 11.8 Å². The normalized spacial score (nSPS) is 24.6. The van der Waals surface area contributed by atoms with E-state index < -0.39 is 0 Å². The predicted octanol–water partition coefficient (Wildman–Crippen LogP) is 0.132. The van der Waals surface area contributed by atoms with Crippen molar-refractivity contribution >= 4 is 11.8 Å². The minimum Gasteiger partial charge on any atom is -0.343 e. The lowest BCUT2D eigenvalue weighted by Crippen LogP contribution is -2.61. The van der Waals surface area contributed by atoms with E-state index in [1.165, 1.54) is 0 Å². The van der Waals surface area contributed by atoms with E-state index in [4.69, 9.17) is 0 Å². The quantitative estimate of drug-likeness (QED) is 0.582. The Morgan fingerprint density at radius 1 is 1.38 bits per heavy atom. The highest BCUT2D eigenvalue weighted by atomic mass is 16.2. The first-order valence-corrected chi connectivity index (χ1v) is 4.43. The van der Waals surface area contributed by atoms with Crippen LogP contribution < -0.4 is 5.32 Å². The molecule has 1 heterocycles. The van der Waals surface area contributed by atoms with Crippen LogP contribution in [0, 0.1) is 0 Å². The number of rotatable bonds is 0. The summed E-state index contributed by atoms with van der Waals surface area (Å²) in [4.78, 5) is 24.4. The van der Waals surface area contributed by atoms with Gasteiger partial charge in [0.2, 0.25) is 11.8 Å². The number of nitrogens with zero attached hydrogens (tertiary/aromatic N) is 1. The molecule has 13 heavy (non-hydrogen) atoms. The summed E-state index contributed by atoms with van der Waals surface area (Å²) < 4.78 is 0. The molecule has 1 aliphatic rings. The van der Waals surface area contributed by atoms with E-state index >= 15 is 0 Å². The summed E-state index contributed by atoms with van der Waals surface area (Å²) in [5.41, 5.74) is -0.275. The van der Waals surface area contributed by atoms with Gasteiger partial charge < -0.3 is 10.2 Å². The monoisotopic (exact) mass is 184 g/mol. The molecule has 0 aromatic heterocycles. The molecule has 0 bridgehead atoms. The van der Waals surface area contributed by atoms with Crippen LogP contribution in [-0.4, -0.2) is 34.8 Å². The van der Waals surface area contributed by atoms with E-state index in [0.29, 0.717) is 0 Å². The molecule has 0 aliphatic carbocycles. The minimum absolute atomic E-state index is 0.00731. The first-order valence-electron chi connectivity index (χ1n) is 4.43. The number of nitrogens with one attached hydrogen (secondary N) is 1. The molecule has 0 aromatic rings. The summed E-state index contributed by atoms with van der Waals surface area (Å²) in [7, 11) is 0. The number of hydrogen-bond donors (Lipinski definition) is 1. The second-order valence-corrected chi connectivity index (χ2v) is 4.38. The lowest BCUT2D eigenvalue weighted by molar-refractivity contribution is -0.148. The van der Waals surface area contributed by atoms with Crippen LogP contribution in [0.25, 0.3) is 0 Å². The lowest BCUT2D eigenvalue weighted by Gasteiger charge is -2.40. The van der Waals surface area contributed by atoms with E-state index in [9.17, 15) is 9.59 Å². The van der Waals surface area contributed by atoms with Crippen molar-refractivity contribution in [3.63, 3.8) is 0 Å². The van der Waals surface area contributed by atoms with Gasteiger partial charge in [0, 0.05) is 5.54 Å². The average Bonchev–Trinajstić information content (AvgIpc) is 1.94. The molecule has 4 nitrogen and oxygen atoms in total. The summed E-state index contributed by atoms with van der Waals surface area (Å²) >= 11 is 0. The second-order valence-electron chi connectivity index (χ2n) is 4.38. The van der Waals surface area contributed by atoms with Crippen LogP contribution in [-0.2, 0) is 9.59 Å². The zero-order chi connectivity index (χ0) is 10.2. The molecule has 1 aliphatic heterocycles. The van der Waals surface area contributed by atoms with Gasteiger partial charge >= 0.3 is 0 Å². The molecule has 74 valence electrons. The van der Waals surface area contributed by atoms with Gasteiger partial charge in [0.05, 0.1) is 0 Å². The summed E-state index contributed by atoms with van der Waals surface area (Å²) in [6.07, 6.45) is 0. The van der Waals surface area contributed by atoms with E-state index in [1.807, 2.05) is 20.8 Å². The topological polar surface area (TPSA) is 49.4 Å². The highest BCUT2D eigenvalue weighted by Crippen LogP contribution is 2.16. The van der Waals surface area contributed by atoms with Crippen LogP contribution >= 0.6 is 0 Å². The van der Waals surface area contributed by atoms with Crippen LogP contribution in [0.1, 0.15) is 27.7 Å². The smallest absolute Gasteiger partial charge is 0.245 e. The van der Waals surface area contributed by atoms with Crippen LogP contribution in [0.5, 0.6) is 0 Å². The SMILES string of the molecule is CC1NC(=O)CN(C(C)(C)C)C1=O. The van der Waals surface area contributed by atoms with E-state index in [-0.39, 0.29) is 29.9 Å². The first-order chi connectivity index (χ1) is 5.82.